The fraction of sp³-hybridized carbons (Fsp3) is 0.417. The molecule has 17 heavy (non-hydrogen) atoms. The minimum atomic E-state index is 0.0517. The van der Waals surface area contributed by atoms with Crippen molar-refractivity contribution in [3.05, 3.63) is 29.3 Å². The number of aliphatic hydroxyl groups is 2. The van der Waals surface area contributed by atoms with E-state index < -0.39 is 0 Å². The molecule has 0 saturated heterocycles. The van der Waals surface area contributed by atoms with Gasteiger partial charge in [0.2, 0.25) is 0 Å². The lowest BCUT2D eigenvalue weighted by atomic mass is 10.1. The highest BCUT2D eigenvalue weighted by Gasteiger charge is 2.08. The monoisotopic (exact) mass is 254 g/mol. The molecule has 1 aromatic carbocycles. The number of benzene rings is 1. The van der Waals surface area contributed by atoms with Crippen molar-refractivity contribution in [3.8, 4) is 0 Å². The van der Waals surface area contributed by atoms with Crippen LogP contribution in [0.4, 0.5) is 5.69 Å². The van der Waals surface area contributed by atoms with Gasteiger partial charge in [0.05, 0.1) is 13.2 Å². The smallest absolute Gasteiger partial charge is 0.104 e. The standard InChI is InChI=1S/C12H18N2O2S/c1-9-8-10(2-3-11(9)12(13)17)14(4-6-15)5-7-16/h2-3,8,15-16H,4-7H2,1H3,(H2,13,17). The van der Waals surface area contributed by atoms with E-state index in [9.17, 15) is 0 Å². The number of anilines is 1. The van der Waals surface area contributed by atoms with Crippen molar-refractivity contribution in [2.24, 2.45) is 5.73 Å². The van der Waals surface area contributed by atoms with Crippen LogP contribution in [0, 0.1) is 6.92 Å². The molecule has 0 bridgehead atoms. The average molecular weight is 254 g/mol. The van der Waals surface area contributed by atoms with E-state index in [-0.39, 0.29) is 13.2 Å². The minimum Gasteiger partial charge on any atom is -0.395 e. The molecule has 1 rings (SSSR count). The molecule has 4 nitrogen and oxygen atoms in total. The number of thiocarbonyl (C=S) groups is 1. The van der Waals surface area contributed by atoms with E-state index in [4.69, 9.17) is 28.2 Å². The molecule has 0 heterocycles. The van der Waals surface area contributed by atoms with Gasteiger partial charge in [-0.2, -0.15) is 0 Å². The summed E-state index contributed by atoms with van der Waals surface area (Å²) in [7, 11) is 0. The number of rotatable bonds is 6. The summed E-state index contributed by atoms with van der Waals surface area (Å²) in [4.78, 5) is 2.29. The molecular formula is C12H18N2O2S. The van der Waals surface area contributed by atoms with Gasteiger partial charge in [0.1, 0.15) is 4.99 Å². The van der Waals surface area contributed by atoms with Crippen molar-refractivity contribution in [2.75, 3.05) is 31.2 Å². The van der Waals surface area contributed by atoms with Crippen LogP contribution in [-0.2, 0) is 0 Å². The van der Waals surface area contributed by atoms with Crippen LogP contribution in [0.25, 0.3) is 0 Å². The predicted octanol–water partition coefficient (Wildman–Crippen LogP) is 0.420. The number of hydrogen-bond donors (Lipinski definition) is 3. The molecule has 0 aliphatic heterocycles. The van der Waals surface area contributed by atoms with Gasteiger partial charge < -0.3 is 20.8 Å². The van der Waals surface area contributed by atoms with Gasteiger partial charge in [0, 0.05) is 24.3 Å². The van der Waals surface area contributed by atoms with Crippen molar-refractivity contribution in [1.82, 2.24) is 0 Å². The molecule has 0 atom stereocenters. The summed E-state index contributed by atoms with van der Waals surface area (Å²) in [6, 6.07) is 5.72. The Morgan fingerprint density at radius 1 is 1.29 bits per heavy atom. The maximum atomic E-state index is 8.97. The van der Waals surface area contributed by atoms with E-state index in [0.717, 1.165) is 16.8 Å². The predicted molar refractivity (Wildman–Crippen MR) is 73.5 cm³/mol. The Morgan fingerprint density at radius 3 is 2.29 bits per heavy atom. The summed E-state index contributed by atoms with van der Waals surface area (Å²) >= 11 is 4.95. The Hall–Kier alpha value is -1.17. The molecule has 94 valence electrons. The van der Waals surface area contributed by atoms with E-state index in [2.05, 4.69) is 0 Å². The van der Waals surface area contributed by atoms with Gasteiger partial charge in [-0.1, -0.05) is 12.2 Å². The number of aliphatic hydroxyl groups excluding tert-OH is 2. The summed E-state index contributed by atoms with van der Waals surface area (Å²) in [5.41, 5.74) is 8.40. The fourth-order valence-corrected chi connectivity index (χ4v) is 1.96. The molecule has 0 aromatic heterocycles. The van der Waals surface area contributed by atoms with Crippen molar-refractivity contribution < 1.29 is 10.2 Å². The molecule has 0 spiro atoms. The summed E-state index contributed by atoms with van der Waals surface area (Å²) < 4.78 is 0. The second kappa shape index (κ2) is 6.54. The molecule has 5 heteroatoms. The molecule has 0 aliphatic rings. The molecule has 0 saturated carbocycles. The topological polar surface area (TPSA) is 69.7 Å². The number of hydrogen-bond acceptors (Lipinski definition) is 4. The van der Waals surface area contributed by atoms with Crippen LogP contribution in [0.1, 0.15) is 11.1 Å². The first-order valence-corrected chi connectivity index (χ1v) is 5.88. The van der Waals surface area contributed by atoms with Crippen LogP contribution in [0.2, 0.25) is 0 Å². The average Bonchev–Trinajstić information content (AvgIpc) is 2.28. The van der Waals surface area contributed by atoms with Gasteiger partial charge in [-0.3, -0.25) is 0 Å². The van der Waals surface area contributed by atoms with E-state index in [1.807, 2.05) is 30.0 Å². The van der Waals surface area contributed by atoms with Gasteiger partial charge in [0.25, 0.3) is 0 Å². The number of nitrogens with two attached hydrogens (primary N) is 1. The lowest BCUT2D eigenvalue weighted by molar-refractivity contribution is 0.281. The Balaban J connectivity index is 2.97. The van der Waals surface area contributed by atoms with Crippen molar-refractivity contribution >= 4 is 22.9 Å². The maximum absolute atomic E-state index is 8.97. The lowest BCUT2D eigenvalue weighted by Crippen LogP contribution is -2.29. The zero-order chi connectivity index (χ0) is 12.8. The molecule has 1 aromatic rings. The molecule has 0 aliphatic carbocycles. The van der Waals surface area contributed by atoms with Gasteiger partial charge in [-0.25, -0.2) is 0 Å². The third kappa shape index (κ3) is 3.66. The van der Waals surface area contributed by atoms with Crippen molar-refractivity contribution in [2.45, 2.75) is 6.92 Å². The summed E-state index contributed by atoms with van der Waals surface area (Å²) in [6.07, 6.45) is 0. The third-order valence-corrected chi connectivity index (χ3v) is 2.80. The van der Waals surface area contributed by atoms with E-state index in [1.54, 1.807) is 0 Å². The first-order chi connectivity index (χ1) is 8.10. The molecular weight excluding hydrogens is 236 g/mol. The second-order valence-corrected chi connectivity index (χ2v) is 4.24. The van der Waals surface area contributed by atoms with Gasteiger partial charge >= 0.3 is 0 Å². The summed E-state index contributed by atoms with van der Waals surface area (Å²) in [6.45, 7) is 3.03. The Morgan fingerprint density at radius 2 is 1.88 bits per heavy atom. The minimum absolute atomic E-state index is 0.0517. The molecule has 0 amide bonds. The second-order valence-electron chi connectivity index (χ2n) is 3.80. The van der Waals surface area contributed by atoms with Crippen LogP contribution in [0.5, 0.6) is 0 Å². The van der Waals surface area contributed by atoms with Crippen LogP contribution in [-0.4, -0.2) is 41.5 Å². The Labute approximate surface area is 107 Å². The quantitative estimate of drug-likeness (QED) is 0.642. The third-order valence-electron chi connectivity index (χ3n) is 2.58. The highest BCUT2D eigenvalue weighted by Crippen LogP contribution is 2.19. The van der Waals surface area contributed by atoms with Crippen molar-refractivity contribution in [1.29, 1.82) is 0 Å². The molecule has 0 fully saturated rings. The Bertz CT molecular complexity index is 390. The number of aryl methyl sites for hydroxylation is 1. The zero-order valence-corrected chi connectivity index (χ0v) is 10.7. The van der Waals surface area contributed by atoms with Crippen LogP contribution in [0.3, 0.4) is 0 Å². The van der Waals surface area contributed by atoms with E-state index in [0.29, 0.717) is 18.1 Å². The lowest BCUT2D eigenvalue weighted by Gasteiger charge is -2.23. The SMILES string of the molecule is Cc1cc(N(CCO)CCO)ccc1C(N)=S. The van der Waals surface area contributed by atoms with Crippen molar-refractivity contribution in [3.63, 3.8) is 0 Å². The number of nitrogens with zero attached hydrogens (tertiary/aromatic N) is 1. The van der Waals surface area contributed by atoms with Gasteiger partial charge in [-0.05, 0) is 30.7 Å². The highest BCUT2D eigenvalue weighted by molar-refractivity contribution is 7.80. The summed E-state index contributed by atoms with van der Waals surface area (Å²) in [5, 5.41) is 17.9. The Kier molecular flexibility index (Phi) is 5.34. The van der Waals surface area contributed by atoms with Gasteiger partial charge in [0.15, 0.2) is 0 Å². The zero-order valence-electron chi connectivity index (χ0n) is 9.89. The summed E-state index contributed by atoms with van der Waals surface area (Å²) in [5.74, 6) is 0. The van der Waals surface area contributed by atoms with Crippen LogP contribution < -0.4 is 10.6 Å². The van der Waals surface area contributed by atoms with E-state index in [1.165, 1.54) is 0 Å². The van der Waals surface area contributed by atoms with Gasteiger partial charge in [-0.15, -0.1) is 0 Å². The first kappa shape index (κ1) is 13.9. The normalized spacial score (nSPS) is 10.3. The molecule has 4 N–H and O–H groups in total. The fourth-order valence-electron chi connectivity index (χ4n) is 1.73. The van der Waals surface area contributed by atoms with Crippen LogP contribution >= 0.6 is 12.2 Å². The maximum Gasteiger partial charge on any atom is 0.104 e. The first-order valence-electron chi connectivity index (χ1n) is 5.47. The highest BCUT2D eigenvalue weighted by atomic mass is 32.1. The van der Waals surface area contributed by atoms with Crippen LogP contribution in [0.15, 0.2) is 18.2 Å². The van der Waals surface area contributed by atoms with E-state index >= 15 is 0 Å². The molecule has 0 unspecified atom stereocenters. The largest absolute Gasteiger partial charge is 0.395 e. The molecule has 0 radical (unpaired) electrons.